The summed E-state index contributed by atoms with van der Waals surface area (Å²) in [6.45, 7) is 0.484. The highest BCUT2D eigenvalue weighted by atomic mass is 32.2. The molecule has 0 radical (unpaired) electrons. The maximum atomic E-state index is 13.1. The van der Waals surface area contributed by atoms with Crippen molar-refractivity contribution >= 4 is 21.7 Å². The van der Waals surface area contributed by atoms with Crippen molar-refractivity contribution in [3.05, 3.63) is 24.3 Å². The Morgan fingerprint density at radius 3 is 2.41 bits per heavy atom. The molecule has 0 bridgehead atoms. The van der Waals surface area contributed by atoms with E-state index < -0.39 is 20.5 Å². The van der Waals surface area contributed by atoms with Gasteiger partial charge in [-0.25, -0.2) is 13.9 Å². The first-order chi connectivity index (χ1) is 12.9. The minimum absolute atomic E-state index is 0.0464. The molecule has 1 saturated heterocycles. The molecule has 2 rings (SSSR count). The summed E-state index contributed by atoms with van der Waals surface area (Å²) in [6, 6.07) is 5.67. The van der Waals surface area contributed by atoms with Gasteiger partial charge in [0.05, 0.1) is 18.6 Å². The van der Waals surface area contributed by atoms with Crippen molar-refractivity contribution in [1.29, 1.82) is 0 Å². The average Bonchev–Trinajstić information content (AvgIpc) is 2.71. The number of carbonyl (C=O) groups excluding carboxylic acids is 2. The van der Waals surface area contributed by atoms with Crippen LogP contribution >= 0.6 is 0 Å². The molecule has 1 amide bonds. The molecule has 150 valence electrons. The molecule has 0 aromatic heterocycles. The smallest absolute Gasteiger partial charge is 0.305 e. The standard InChI is InChI=1S/C17H23NO8S/c1-24-15(19)3-2-10-26-13-4-6-14(7-5-13)27(22,23)17(16(20)18-21)8-11-25-12-9-17/h4-7,21H,2-3,8-12H2,1H3,(H,18,20). The van der Waals surface area contributed by atoms with Crippen LogP contribution in [0.25, 0.3) is 0 Å². The molecular formula is C17H23NO8S. The molecule has 0 atom stereocenters. The molecule has 1 aromatic rings. The largest absolute Gasteiger partial charge is 0.494 e. The van der Waals surface area contributed by atoms with Gasteiger partial charge < -0.3 is 14.2 Å². The lowest BCUT2D eigenvalue weighted by Gasteiger charge is -2.34. The van der Waals surface area contributed by atoms with Gasteiger partial charge in [0.2, 0.25) is 0 Å². The lowest BCUT2D eigenvalue weighted by Crippen LogP contribution is -2.54. The number of nitrogens with one attached hydrogen (secondary N) is 1. The highest BCUT2D eigenvalue weighted by Gasteiger charge is 2.52. The fourth-order valence-corrected chi connectivity index (χ4v) is 4.81. The van der Waals surface area contributed by atoms with Crippen LogP contribution in [-0.4, -0.2) is 57.2 Å². The van der Waals surface area contributed by atoms with E-state index in [0.717, 1.165) is 0 Å². The molecule has 0 saturated carbocycles. The second kappa shape index (κ2) is 9.16. The lowest BCUT2D eigenvalue weighted by molar-refractivity contribution is -0.140. The molecule has 9 nitrogen and oxygen atoms in total. The van der Waals surface area contributed by atoms with Crippen molar-refractivity contribution in [2.75, 3.05) is 26.9 Å². The summed E-state index contributed by atoms with van der Waals surface area (Å²) >= 11 is 0. The number of esters is 1. The van der Waals surface area contributed by atoms with Crippen molar-refractivity contribution in [2.45, 2.75) is 35.3 Å². The molecule has 10 heteroatoms. The number of benzene rings is 1. The molecule has 1 aromatic carbocycles. The molecule has 2 N–H and O–H groups in total. The zero-order valence-electron chi connectivity index (χ0n) is 15.0. The second-order valence-electron chi connectivity index (χ2n) is 6.05. The Hall–Kier alpha value is -2.17. The first-order valence-electron chi connectivity index (χ1n) is 8.44. The van der Waals surface area contributed by atoms with Gasteiger partial charge in [-0.15, -0.1) is 0 Å². The van der Waals surface area contributed by atoms with Gasteiger partial charge in [-0.05, 0) is 43.5 Å². The van der Waals surface area contributed by atoms with Gasteiger partial charge in [0.25, 0.3) is 5.91 Å². The number of hydroxylamine groups is 1. The van der Waals surface area contributed by atoms with Gasteiger partial charge >= 0.3 is 5.97 Å². The number of hydrogen-bond donors (Lipinski definition) is 2. The van der Waals surface area contributed by atoms with Crippen LogP contribution in [0.4, 0.5) is 0 Å². The minimum atomic E-state index is -4.06. The van der Waals surface area contributed by atoms with Crippen LogP contribution in [0, 0.1) is 0 Å². The number of rotatable bonds is 8. The van der Waals surface area contributed by atoms with E-state index in [1.54, 1.807) is 0 Å². The predicted octanol–water partition coefficient (Wildman–Crippen LogP) is 0.847. The zero-order valence-corrected chi connectivity index (χ0v) is 15.8. The Morgan fingerprint density at radius 2 is 1.85 bits per heavy atom. The summed E-state index contributed by atoms with van der Waals surface area (Å²) in [6.07, 6.45) is 0.595. The number of sulfone groups is 1. The summed E-state index contributed by atoms with van der Waals surface area (Å²) in [5, 5.41) is 9.03. The van der Waals surface area contributed by atoms with E-state index in [-0.39, 0.29) is 49.9 Å². The molecule has 0 spiro atoms. The molecular weight excluding hydrogens is 378 g/mol. The third-order valence-corrected chi connectivity index (χ3v) is 7.00. The van der Waals surface area contributed by atoms with Gasteiger partial charge in [0.1, 0.15) is 5.75 Å². The number of amides is 1. The SMILES string of the molecule is COC(=O)CCCOc1ccc(S(=O)(=O)C2(C(=O)NO)CCOCC2)cc1. The van der Waals surface area contributed by atoms with E-state index in [4.69, 9.17) is 14.7 Å². The van der Waals surface area contributed by atoms with Crippen molar-refractivity contribution in [3.63, 3.8) is 0 Å². The molecule has 0 unspecified atom stereocenters. The van der Waals surface area contributed by atoms with Gasteiger partial charge in [-0.2, -0.15) is 0 Å². The van der Waals surface area contributed by atoms with Crippen LogP contribution in [0.1, 0.15) is 25.7 Å². The van der Waals surface area contributed by atoms with Crippen molar-refractivity contribution in [2.24, 2.45) is 0 Å². The van der Waals surface area contributed by atoms with Crippen molar-refractivity contribution in [1.82, 2.24) is 5.48 Å². The monoisotopic (exact) mass is 401 g/mol. The molecule has 0 aliphatic carbocycles. The summed E-state index contributed by atoms with van der Waals surface area (Å²) in [7, 11) is -2.75. The Bertz CT molecular complexity index is 754. The van der Waals surface area contributed by atoms with E-state index in [1.165, 1.54) is 36.9 Å². The Balaban J connectivity index is 2.12. The van der Waals surface area contributed by atoms with E-state index >= 15 is 0 Å². The van der Waals surface area contributed by atoms with E-state index in [2.05, 4.69) is 4.74 Å². The fraction of sp³-hybridized carbons (Fsp3) is 0.529. The van der Waals surface area contributed by atoms with Gasteiger partial charge in [-0.1, -0.05) is 0 Å². The van der Waals surface area contributed by atoms with Crippen molar-refractivity contribution in [3.8, 4) is 5.75 Å². The zero-order chi connectivity index (χ0) is 19.9. The molecule has 1 aliphatic rings. The van der Waals surface area contributed by atoms with Gasteiger partial charge in [0.15, 0.2) is 14.6 Å². The minimum Gasteiger partial charge on any atom is -0.494 e. The third-order valence-electron chi connectivity index (χ3n) is 4.49. The van der Waals surface area contributed by atoms with Crippen LogP contribution in [0.15, 0.2) is 29.2 Å². The van der Waals surface area contributed by atoms with Crippen LogP contribution in [0.3, 0.4) is 0 Å². The number of carbonyl (C=O) groups is 2. The molecule has 1 fully saturated rings. The number of methoxy groups -OCH3 is 1. The first kappa shape index (κ1) is 21.1. The molecule has 1 aliphatic heterocycles. The summed E-state index contributed by atoms with van der Waals surface area (Å²) in [5.41, 5.74) is 1.47. The van der Waals surface area contributed by atoms with E-state index in [1.807, 2.05) is 0 Å². The highest BCUT2D eigenvalue weighted by molar-refractivity contribution is 7.93. The summed E-state index contributed by atoms with van der Waals surface area (Å²) in [5.74, 6) is -0.857. The van der Waals surface area contributed by atoms with Gasteiger partial charge in [-0.3, -0.25) is 14.8 Å². The first-order valence-corrected chi connectivity index (χ1v) is 9.92. The summed E-state index contributed by atoms with van der Waals surface area (Å²) in [4.78, 5) is 23.2. The van der Waals surface area contributed by atoms with Crippen LogP contribution in [0.5, 0.6) is 5.75 Å². The number of ether oxygens (including phenoxy) is 3. The molecule has 1 heterocycles. The third kappa shape index (κ3) is 4.57. The quantitative estimate of drug-likeness (QED) is 0.284. The average molecular weight is 401 g/mol. The highest BCUT2D eigenvalue weighted by Crippen LogP contribution is 2.35. The second-order valence-corrected chi connectivity index (χ2v) is 8.31. The maximum absolute atomic E-state index is 13.1. The normalized spacial score (nSPS) is 16.4. The Morgan fingerprint density at radius 1 is 1.22 bits per heavy atom. The fourth-order valence-electron chi connectivity index (χ4n) is 2.87. The Kier molecular flexibility index (Phi) is 7.17. The van der Waals surface area contributed by atoms with Crippen LogP contribution < -0.4 is 10.2 Å². The number of hydrogen-bond acceptors (Lipinski definition) is 8. The maximum Gasteiger partial charge on any atom is 0.305 e. The summed E-state index contributed by atoms with van der Waals surface area (Å²) < 4.78 is 39.5. The van der Waals surface area contributed by atoms with Crippen molar-refractivity contribution < 1.29 is 37.4 Å². The lowest BCUT2D eigenvalue weighted by atomic mass is 9.98. The Labute approximate surface area is 157 Å². The van der Waals surface area contributed by atoms with Crippen LogP contribution in [0.2, 0.25) is 0 Å². The topological polar surface area (TPSA) is 128 Å². The molecule has 27 heavy (non-hydrogen) atoms. The van der Waals surface area contributed by atoms with Gasteiger partial charge in [0, 0.05) is 19.6 Å². The predicted molar refractivity (Wildman–Crippen MR) is 93.1 cm³/mol. The van der Waals surface area contributed by atoms with Crippen LogP contribution in [-0.2, 0) is 28.9 Å². The van der Waals surface area contributed by atoms with E-state index in [0.29, 0.717) is 12.2 Å². The van der Waals surface area contributed by atoms with E-state index in [9.17, 15) is 18.0 Å².